The number of anilines is 1. The zero-order valence-corrected chi connectivity index (χ0v) is 9.71. The summed E-state index contributed by atoms with van der Waals surface area (Å²) in [6, 6.07) is 0. The van der Waals surface area contributed by atoms with E-state index in [-0.39, 0.29) is 10.5 Å². The van der Waals surface area contributed by atoms with Crippen LogP contribution in [0.5, 0.6) is 0 Å². The summed E-state index contributed by atoms with van der Waals surface area (Å²) < 4.78 is 24.7. The summed E-state index contributed by atoms with van der Waals surface area (Å²) in [7, 11) is -3.41. The monoisotopic (exact) mass is 291 g/mol. The fourth-order valence-corrected chi connectivity index (χ4v) is 1.86. The van der Waals surface area contributed by atoms with Crippen LogP contribution in [-0.2, 0) is 10.0 Å². The van der Waals surface area contributed by atoms with Crippen molar-refractivity contribution in [2.24, 2.45) is 0 Å². The molecule has 2 rings (SSSR count). The number of imidazole rings is 1. The Hall–Kier alpha value is -1.22. The predicted molar refractivity (Wildman–Crippen MR) is 58.0 cm³/mol. The minimum Gasteiger partial charge on any atom is -0.340 e. The lowest BCUT2D eigenvalue weighted by atomic mass is 10.5. The third kappa shape index (κ3) is 2.07. The van der Waals surface area contributed by atoms with Gasteiger partial charge in [-0.1, -0.05) is 15.9 Å². The van der Waals surface area contributed by atoms with Gasteiger partial charge in [0.05, 0.1) is 6.33 Å². The van der Waals surface area contributed by atoms with Gasteiger partial charge < -0.3 is 4.98 Å². The number of rotatable bonds is 3. The lowest BCUT2D eigenvalue weighted by molar-refractivity contribution is 0.606. The van der Waals surface area contributed by atoms with Gasteiger partial charge in [-0.05, 0) is 0 Å². The standard InChI is InChI=1S/C6H6BrN5O2S/c7-1-15(13,14)12-6-4-5(9-2-8-4)10-3-11-6/h2-3H,1H2,(H2,8,9,10,11,12). The van der Waals surface area contributed by atoms with E-state index >= 15 is 0 Å². The van der Waals surface area contributed by atoms with Crippen molar-refractivity contribution >= 4 is 42.9 Å². The van der Waals surface area contributed by atoms with Gasteiger partial charge in [0.15, 0.2) is 11.5 Å². The molecule has 15 heavy (non-hydrogen) atoms. The molecule has 0 amide bonds. The number of nitrogens with one attached hydrogen (secondary N) is 2. The Morgan fingerprint density at radius 3 is 2.93 bits per heavy atom. The molecule has 0 aliphatic rings. The third-order valence-corrected chi connectivity index (χ3v) is 4.22. The molecule has 2 N–H and O–H groups in total. The lowest BCUT2D eigenvalue weighted by Gasteiger charge is -2.03. The Bertz CT molecular complexity index is 580. The van der Waals surface area contributed by atoms with Crippen LogP contribution in [0.15, 0.2) is 12.7 Å². The van der Waals surface area contributed by atoms with E-state index in [1.807, 2.05) is 0 Å². The normalized spacial score (nSPS) is 11.8. The first kappa shape index (κ1) is 10.3. The number of hydrogen-bond acceptors (Lipinski definition) is 5. The second kappa shape index (κ2) is 3.74. The lowest BCUT2D eigenvalue weighted by Crippen LogP contribution is -2.14. The third-order valence-electron chi connectivity index (χ3n) is 1.62. The number of aromatic amines is 1. The van der Waals surface area contributed by atoms with Crippen molar-refractivity contribution in [3.05, 3.63) is 12.7 Å². The first-order valence-corrected chi connectivity index (χ1v) is 6.60. The van der Waals surface area contributed by atoms with Gasteiger partial charge in [0.1, 0.15) is 16.5 Å². The van der Waals surface area contributed by atoms with Gasteiger partial charge >= 0.3 is 0 Å². The van der Waals surface area contributed by atoms with Gasteiger partial charge in [-0.25, -0.2) is 23.4 Å². The van der Waals surface area contributed by atoms with Crippen LogP contribution in [0.3, 0.4) is 0 Å². The van der Waals surface area contributed by atoms with E-state index in [2.05, 4.69) is 40.6 Å². The first-order valence-electron chi connectivity index (χ1n) is 3.83. The van der Waals surface area contributed by atoms with E-state index in [0.717, 1.165) is 0 Å². The Kier molecular flexibility index (Phi) is 2.57. The van der Waals surface area contributed by atoms with Crippen LogP contribution in [-0.4, -0.2) is 33.0 Å². The molecule has 0 atom stereocenters. The van der Waals surface area contributed by atoms with Crippen molar-refractivity contribution < 1.29 is 8.42 Å². The van der Waals surface area contributed by atoms with E-state index in [1.54, 1.807) is 0 Å². The van der Waals surface area contributed by atoms with Crippen LogP contribution in [0.2, 0.25) is 0 Å². The molecule has 0 bridgehead atoms. The highest BCUT2D eigenvalue weighted by Gasteiger charge is 2.12. The Balaban J connectivity index is 2.48. The molecule has 2 heterocycles. The van der Waals surface area contributed by atoms with Crippen LogP contribution in [0.4, 0.5) is 5.82 Å². The summed E-state index contributed by atoms with van der Waals surface area (Å²) >= 11 is 2.86. The van der Waals surface area contributed by atoms with Crippen molar-refractivity contribution in [2.45, 2.75) is 0 Å². The Morgan fingerprint density at radius 2 is 2.20 bits per heavy atom. The summed E-state index contributed by atoms with van der Waals surface area (Å²) in [5.41, 5.74) is 0.874. The molecule has 0 aliphatic carbocycles. The van der Waals surface area contributed by atoms with Gasteiger partial charge in [-0.15, -0.1) is 0 Å². The predicted octanol–water partition coefficient (Wildman–Crippen LogP) is 0.447. The smallest absolute Gasteiger partial charge is 0.243 e. The quantitative estimate of drug-likeness (QED) is 0.800. The molecule has 0 aliphatic heterocycles. The number of fused-ring (bicyclic) bond motifs is 1. The maximum atomic E-state index is 11.3. The molecule has 0 aromatic carbocycles. The Labute approximate surface area is 93.5 Å². The first-order chi connectivity index (χ1) is 7.12. The average molecular weight is 292 g/mol. The topological polar surface area (TPSA) is 101 Å². The van der Waals surface area contributed by atoms with E-state index < -0.39 is 10.0 Å². The molecule has 2 aromatic rings. The van der Waals surface area contributed by atoms with Crippen molar-refractivity contribution in [2.75, 3.05) is 9.38 Å². The second-order valence-corrected chi connectivity index (χ2v) is 5.67. The number of hydrogen-bond donors (Lipinski definition) is 2. The van der Waals surface area contributed by atoms with Crippen molar-refractivity contribution in [3.63, 3.8) is 0 Å². The zero-order chi connectivity index (χ0) is 10.9. The summed E-state index contributed by atoms with van der Waals surface area (Å²) in [5, 5.41) is 0. The molecule has 7 nitrogen and oxygen atoms in total. The number of aromatic nitrogens is 4. The molecule has 0 fully saturated rings. The number of halogens is 1. The zero-order valence-electron chi connectivity index (χ0n) is 7.31. The molecular formula is C6H6BrN5O2S. The maximum absolute atomic E-state index is 11.3. The molecule has 0 radical (unpaired) electrons. The van der Waals surface area contributed by atoms with Crippen LogP contribution in [0.1, 0.15) is 0 Å². The van der Waals surface area contributed by atoms with Gasteiger partial charge in [0, 0.05) is 0 Å². The molecule has 0 unspecified atom stereocenters. The number of sulfonamides is 1. The van der Waals surface area contributed by atoms with Crippen molar-refractivity contribution in [3.8, 4) is 0 Å². The molecule has 80 valence electrons. The van der Waals surface area contributed by atoms with Gasteiger partial charge in [-0.3, -0.25) is 4.72 Å². The molecule has 2 aromatic heterocycles. The fraction of sp³-hybridized carbons (Fsp3) is 0.167. The van der Waals surface area contributed by atoms with Crippen molar-refractivity contribution in [1.29, 1.82) is 0 Å². The number of nitrogens with zero attached hydrogens (tertiary/aromatic N) is 3. The maximum Gasteiger partial charge on any atom is 0.243 e. The molecular weight excluding hydrogens is 286 g/mol. The van der Waals surface area contributed by atoms with E-state index in [9.17, 15) is 8.42 Å². The van der Waals surface area contributed by atoms with Crippen LogP contribution in [0, 0.1) is 0 Å². The highest BCUT2D eigenvalue weighted by Crippen LogP contribution is 2.16. The fourth-order valence-electron chi connectivity index (χ4n) is 1.02. The van der Waals surface area contributed by atoms with Crippen molar-refractivity contribution in [1.82, 2.24) is 19.9 Å². The van der Waals surface area contributed by atoms with E-state index in [4.69, 9.17) is 0 Å². The summed E-state index contributed by atoms with van der Waals surface area (Å²) in [4.78, 5) is 14.3. The van der Waals surface area contributed by atoms with Crippen LogP contribution in [0.25, 0.3) is 11.2 Å². The number of alkyl halides is 1. The molecule has 0 saturated heterocycles. The molecule has 0 saturated carbocycles. The highest BCUT2D eigenvalue weighted by atomic mass is 79.9. The molecule has 9 heteroatoms. The largest absolute Gasteiger partial charge is 0.340 e. The second-order valence-electron chi connectivity index (χ2n) is 2.65. The SMILES string of the molecule is O=S(=O)(CBr)Nc1ncnc2nc[nH]c12. The average Bonchev–Trinajstić information content (AvgIpc) is 2.66. The highest BCUT2D eigenvalue weighted by molar-refractivity contribution is 9.10. The summed E-state index contributed by atoms with van der Waals surface area (Å²) in [6.07, 6.45) is 2.67. The minimum absolute atomic E-state index is 0.192. The van der Waals surface area contributed by atoms with Gasteiger partial charge in [0.2, 0.25) is 10.0 Å². The minimum atomic E-state index is -3.41. The number of H-pyrrole nitrogens is 1. The van der Waals surface area contributed by atoms with E-state index in [0.29, 0.717) is 11.2 Å². The van der Waals surface area contributed by atoms with E-state index in [1.165, 1.54) is 12.7 Å². The van der Waals surface area contributed by atoms with Crippen LogP contribution >= 0.6 is 15.9 Å². The molecule has 0 spiro atoms. The van der Waals surface area contributed by atoms with Gasteiger partial charge in [-0.2, -0.15) is 0 Å². The van der Waals surface area contributed by atoms with Gasteiger partial charge in [0.25, 0.3) is 0 Å². The summed E-state index contributed by atoms with van der Waals surface area (Å²) in [6.45, 7) is 0. The van der Waals surface area contributed by atoms with Crippen LogP contribution < -0.4 is 4.72 Å². The summed E-state index contributed by atoms with van der Waals surface area (Å²) in [5.74, 6) is 0.192. The Morgan fingerprint density at radius 1 is 1.40 bits per heavy atom.